The maximum Gasteiger partial charge on any atom is 0.167 e. The highest BCUT2D eigenvalue weighted by molar-refractivity contribution is 7.94. The van der Waals surface area contributed by atoms with E-state index in [-0.39, 0.29) is 17.9 Å². The summed E-state index contributed by atoms with van der Waals surface area (Å²) in [6, 6.07) is 27.2. The minimum Gasteiger partial charge on any atom is -0.297 e. The summed E-state index contributed by atoms with van der Waals surface area (Å²) in [6.45, 7) is 2.01. The fraction of sp³-hybridized carbons (Fsp3) is 0.357. The highest BCUT2D eigenvalue weighted by atomic mass is 32.2. The van der Waals surface area contributed by atoms with Crippen LogP contribution in [0.25, 0.3) is 0 Å². The van der Waals surface area contributed by atoms with Gasteiger partial charge in [-0.2, -0.15) is 0 Å². The van der Waals surface area contributed by atoms with Crippen LogP contribution in [0, 0.1) is 0 Å². The van der Waals surface area contributed by atoms with E-state index in [1.165, 1.54) is 22.3 Å². The molecule has 0 unspecified atom stereocenters. The molecule has 2 heterocycles. The first kappa shape index (κ1) is 19.1. The zero-order valence-electron chi connectivity index (χ0n) is 18.0. The molecule has 162 valence electrons. The summed E-state index contributed by atoms with van der Waals surface area (Å²) in [6.07, 6.45) is 3.03. The van der Waals surface area contributed by atoms with Crippen LogP contribution in [0.5, 0.6) is 0 Å². The maximum atomic E-state index is 14.5. The van der Waals surface area contributed by atoms with Crippen LogP contribution < -0.4 is 0 Å². The third-order valence-electron chi connectivity index (χ3n) is 8.69. The van der Waals surface area contributed by atoms with E-state index in [1.807, 2.05) is 30.3 Å². The van der Waals surface area contributed by atoms with Gasteiger partial charge in [0, 0.05) is 11.8 Å². The molecule has 32 heavy (non-hydrogen) atoms. The van der Waals surface area contributed by atoms with Gasteiger partial charge in [-0.05, 0) is 60.2 Å². The smallest absolute Gasteiger partial charge is 0.167 e. The Morgan fingerprint density at radius 2 is 1.25 bits per heavy atom. The Kier molecular flexibility index (Phi) is 3.91. The number of nitrogens with zero attached hydrogens (tertiary/aromatic N) is 1. The molecule has 3 atom stereocenters. The predicted molar refractivity (Wildman–Crippen MR) is 127 cm³/mol. The second-order valence-electron chi connectivity index (χ2n) is 9.97. The van der Waals surface area contributed by atoms with E-state index in [1.54, 1.807) is 0 Å². The third-order valence-corrected chi connectivity index (χ3v) is 11.6. The second kappa shape index (κ2) is 6.55. The molecule has 3 aromatic carbocycles. The summed E-state index contributed by atoms with van der Waals surface area (Å²) in [4.78, 5) is 2.52. The molecule has 1 spiro atoms. The molecule has 4 heteroatoms. The predicted octanol–water partition coefficient (Wildman–Crippen LogP) is 5.04. The summed E-state index contributed by atoms with van der Waals surface area (Å²) < 4.78 is 28.2. The Morgan fingerprint density at radius 1 is 0.719 bits per heavy atom. The molecule has 2 aliphatic heterocycles. The molecule has 5 aliphatic rings. The van der Waals surface area contributed by atoms with Crippen LogP contribution in [0.15, 0.2) is 78.9 Å². The Balaban J connectivity index is 1.49. The van der Waals surface area contributed by atoms with Crippen LogP contribution in [0.3, 0.4) is 0 Å². The van der Waals surface area contributed by atoms with Gasteiger partial charge in [0.05, 0.1) is 6.04 Å². The molecular formula is C28H27NO2S. The zero-order valence-corrected chi connectivity index (χ0v) is 18.8. The summed E-state index contributed by atoms with van der Waals surface area (Å²) in [5, 5.41) is -0.430. The van der Waals surface area contributed by atoms with Crippen molar-refractivity contribution in [2.24, 2.45) is 0 Å². The molecule has 2 bridgehead atoms. The number of hydrogen-bond acceptors (Lipinski definition) is 3. The summed E-state index contributed by atoms with van der Waals surface area (Å²) >= 11 is 0. The van der Waals surface area contributed by atoms with Crippen molar-refractivity contribution in [3.8, 4) is 0 Å². The monoisotopic (exact) mass is 441 g/mol. The number of hydrogen-bond donors (Lipinski definition) is 0. The van der Waals surface area contributed by atoms with Gasteiger partial charge in [0.2, 0.25) is 0 Å². The van der Waals surface area contributed by atoms with E-state index in [2.05, 4.69) is 53.4 Å². The van der Waals surface area contributed by atoms with Crippen molar-refractivity contribution in [2.45, 2.75) is 47.1 Å². The van der Waals surface area contributed by atoms with Gasteiger partial charge in [-0.3, -0.25) is 4.90 Å². The molecular weight excluding hydrogens is 414 g/mol. The molecule has 2 fully saturated rings. The second-order valence-corrected chi connectivity index (χ2v) is 12.3. The van der Waals surface area contributed by atoms with E-state index in [0.717, 1.165) is 31.5 Å². The van der Waals surface area contributed by atoms with Gasteiger partial charge < -0.3 is 0 Å². The van der Waals surface area contributed by atoms with Gasteiger partial charge in [0.15, 0.2) is 9.84 Å². The van der Waals surface area contributed by atoms with Crippen LogP contribution >= 0.6 is 0 Å². The molecule has 8 rings (SSSR count). The highest BCUT2D eigenvalue weighted by Gasteiger charge is 2.75. The first-order valence-electron chi connectivity index (χ1n) is 11.8. The lowest BCUT2D eigenvalue weighted by atomic mass is 9.56. The Morgan fingerprint density at radius 3 is 1.84 bits per heavy atom. The zero-order chi connectivity index (χ0) is 21.5. The Bertz CT molecular complexity index is 1260. The number of likely N-dealkylation sites (tertiary alicyclic amines) is 1. The van der Waals surface area contributed by atoms with Gasteiger partial charge >= 0.3 is 0 Å². The van der Waals surface area contributed by atoms with Gasteiger partial charge in [-0.15, -0.1) is 0 Å². The van der Waals surface area contributed by atoms with E-state index in [0.29, 0.717) is 6.42 Å². The van der Waals surface area contributed by atoms with Gasteiger partial charge in [0.25, 0.3) is 0 Å². The van der Waals surface area contributed by atoms with Crippen LogP contribution in [0.2, 0.25) is 0 Å². The van der Waals surface area contributed by atoms with Gasteiger partial charge in [-0.25, -0.2) is 8.42 Å². The fourth-order valence-corrected chi connectivity index (χ4v) is 10.7. The molecule has 3 nitrogen and oxygen atoms in total. The van der Waals surface area contributed by atoms with Crippen molar-refractivity contribution in [1.29, 1.82) is 0 Å². The van der Waals surface area contributed by atoms with Crippen LogP contribution in [0.1, 0.15) is 64.2 Å². The summed E-state index contributed by atoms with van der Waals surface area (Å²) in [5.41, 5.74) is 6.10. The highest BCUT2D eigenvalue weighted by Crippen LogP contribution is 2.69. The van der Waals surface area contributed by atoms with Crippen LogP contribution in [-0.2, 0) is 9.84 Å². The molecule has 0 saturated carbocycles. The standard InChI is InChI=1S/C28H27NO2S/c30-32(31)26(19-10-2-1-3-11-19)27(29-16-8-9-17-29)28(32)18-24-20-12-4-6-14-22(20)25(28)23-15-7-5-13-21(23)24/h1-7,10-15,24-27H,8-9,16-18H2/t24?,25?,26-,27-,28+/m1/s1. The van der Waals surface area contributed by atoms with E-state index >= 15 is 0 Å². The largest absolute Gasteiger partial charge is 0.297 e. The average molecular weight is 442 g/mol. The molecule has 0 amide bonds. The third kappa shape index (κ3) is 2.18. The molecule has 0 aromatic heterocycles. The average Bonchev–Trinajstić information content (AvgIpc) is 3.37. The minimum absolute atomic E-state index is 0.0339. The van der Waals surface area contributed by atoms with Crippen molar-refractivity contribution in [3.63, 3.8) is 0 Å². The van der Waals surface area contributed by atoms with Crippen LogP contribution in [0.4, 0.5) is 0 Å². The van der Waals surface area contributed by atoms with E-state index in [9.17, 15) is 8.42 Å². The molecule has 3 aromatic rings. The SMILES string of the molecule is O=S1(=O)[C@H](c2ccccc2)[C@@H](N2CCCC2)[C@@]12CC1c3ccccc3C2c2ccccc21. The number of benzene rings is 3. The molecule has 3 aliphatic carbocycles. The maximum absolute atomic E-state index is 14.5. The van der Waals surface area contributed by atoms with Crippen molar-refractivity contribution >= 4 is 9.84 Å². The van der Waals surface area contributed by atoms with Crippen molar-refractivity contribution < 1.29 is 8.42 Å². The lowest BCUT2D eigenvalue weighted by Crippen LogP contribution is -2.75. The van der Waals surface area contributed by atoms with Crippen molar-refractivity contribution in [2.75, 3.05) is 13.1 Å². The first-order chi connectivity index (χ1) is 15.6. The van der Waals surface area contributed by atoms with E-state index in [4.69, 9.17) is 0 Å². The quantitative estimate of drug-likeness (QED) is 0.559. The normalized spacial score (nSPS) is 34.1. The minimum atomic E-state index is -3.38. The van der Waals surface area contributed by atoms with Crippen molar-refractivity contribution in [1.82, 2.24) is 4.90 Å². The number of sulfone groups is 1. The Labute approximate surface area is 190 Å². The molecule has 0 N–H and O–H groups in total. The Hall–Kier alpha value is -2.43. The lowest BCUT2D eigenvalue weighted by molar-refractivity contribution is 0.118. The van der Waals surface area contributed by atoms with Crippen LogP contribution in [-0.4, -0.2) is 37.2 Å². The summed E-state index contributed by atoms with van der Waals surface area (Å²) in [7, 11) is -3.38. The van der Waals surface area contributed by atoms with Crippen molar-refractivity contribution in [3.05, 3.63) is 107 Å². The topological polar surface area (TPSA) is 37.4 Å². The van der Waals surface area contributed by atoms with E-state index < -0.39 is 19.8 Å². The first-order valence-corrected chi connectivity index (χ1v) is 13.4. The lowest BCUT2D eigenvalue weighted by Gasteiger charge is -2.65. The molecule has 0 radical (unpaired) electrons. The van der Waals surface area contributed by atoms with Gasteiger partial charge in [-0.1, -0.05) is 78.9 Å². The fourth-order valence-electron chi connectivity index (χ4n) is 7.56. The molecule has 2 saturated heterocycles. The van der Waals surface area contributed by atoms with Gasteiger partial charge in [0.1, 0.15) is 10.00 Å². The number of rotatable bonds is 2. The summed E-state index contributed by atoms with van der Waals surface area (Å²) in [5.74, 6) is 0.0689.